The van der Waals surface area contributed by atoms with Gasteiger partial charge in [0.1, 0.15) is 0 Å². The summed E-state index contributed by atoms with van der Waals surface area (Å²) in [5.74, 6) is 0. The molecule has 2 heterocycles. The number of hydrogen-bond acceptors (Lipinski definition) is 3. The molecule has 104 valence electrons. The molecule has 3 heteroatoms. The molecule has 0 aliphatic carbocycles. The minimum atomic E-state index is 0.0115. The van der Waals surface area contributed by atoms with Crippen molar-refractivity contribution in [2.45, 2.75) is 44.9 Å². The van der Waals surface area contributed by atoms with E-state index in [0.717, 1.165) is 39.1 Å². The van der Waals surface area contributed by atoms with Crippen LogP contribution in [0.4, 0.5) is 5.69 Å². The lowest BCUT2D eigenvalue weighted by atomic mass is 9.92. The molecule has 19 heavy (non-hydrogen) atoms. The summed E-state index contributed by atoms with van der Waals surface area (Å²) in [6.07, 6.45) is 2.25. The zero-order valence-corrected chi connectivity index (χ0v) is 12.0. The first-order chi connectivity index (χ1) is 9.16. The van der Waals surface area contributed by atoms with E-state index < -0.39 is 0 Å². The summed E-state index contributed by atoms with van der Waals surface area (Å²) < 4.78 is 5.86. The summed E-state index contributed by atoms with van der Waals surface area (Å²) in [4.78, 5) is 2.60. The van der Waals surface area contributed by atoms with Gasteiger partial charge in [0.05, 0.1) is 5.60 Å². The minimum Gasteiger partial charge on any atom is -0.375 e. The molecular weight excluding hydrogens is 236 g/mol. The highest BCUT2D eigenvalue weighted by Crippen LogP contribution is 2.32. The molecule has 1 unspecified atom stereocenters. The number of para-hydroxylation sites is 1. The fourth-order valence-corrected chi connectivity index (χ4v) is 3.33. The van der Waals surface area contributed by atoms with Gasteiger partial charge in [-0.25, -0.2) is 0 Å². The SMILES string of the molecule is CC1(C)CC(N2CCNCc3ccccc32)CCO1. The van der Waals surface area contributed by atoms with Crippen molar-refractivity contribution in [2.24, 2.45) is 0 Å². The van der Waals surface area contributed by atoms with Gasteiger partial charge in [-0.05, 0) is 38.3 Å². The maximum Gasteiger partial charge on any atom is 0.0646 e. The molecule has 0 spiro atoms. The van der Waals surface area contributed by atoms with Crippen molar-refractivity contribution < 1.29 is 4.74 Å². The smallest absolute Gasteiger partial charge is 0.0646 e. The molecule has 3 nitrogen and oxygen atoms in total. The standard InChI is InChI=1S/C16H24N2O/c1-16(2)11-14(7-10-19-16)18-9-8-17-12-13-5-3-4-6-15(13)18/h3-6,14,17H,7-12H2,1-2H3. The largest absolute Gasteiger partial charge is 0.375 e. The Morgan fingerprint density at radius 1 is 1.32 bits per heavy atom. The number of benzene rings is 1. The van der Waals surface area contributed by atoms with Gasteiger partial charge in [-0.2, -0.15) is 0 Å². The van der Waals surface area contributed by atoms with Gasteiger partial charge in [-0.1, -0.05) is 18.2 Å². The van der Waals surface area contributed by atoms with E-state index in [2.05, 4.69) is 48.3 Å². The zero-order valence-electron chi connectivity index (χ0n) is 12.0. The normalized spacial score (nSPS) is 26.6. The molecule has 0 saturated carbocycles. The molecule has 3 rings (SSSR count). The number of anilines is 1. The predicted molar refractivity (Wildman–Crippen MR) is 78.5 cm³/mol. The Hall–Kier alpha value is -1.06. The quantitative estimate of drug-likeness (QED) is 0.840. The van der Waals surface area contributed by atoms with E-state index in [4.69, 9.17) is 4.74 Å². The van der Waals surface area contributed by atoms with Crippen molar-refractivity contribution >= 4 is 5.69 Å². The molecule has 1 N–H and O–H groups in total. The third kappa shape index (κ3) is 2.77. The molecule has 0 bridgehead atoms. The lowest BCUT2D eigenvalue weighted by Gasteiger charge is -2.42. The molecular formula is C16H24N2O. The van der Waals surface area contributed by atoms with Crippen LogP contribution in [0.1, 0.15) is 32.3 Å². The summed E-state index contributed by atoms with van der Waals surface area (Å²) >= 11 is 0. The lowest BCUT2D eigenvalue weighted by molar-refractivity contribution is -0.0588. The van der Waals surface area contributed by atoms with Crippen LogP contribution in [0.25, 0.3) is 0 Å². The van der Waals surface area contributed by atoms with Gasteiger partial charge in [0.2, 0.25) is 0 Å². The number of ether oxygens (including phenoxy) is 1. The van der Waals surface area contributed by atoms with Crippen molar-refractivity contribution in [1.82, 2.24) is 5.32 Å². The zero-order chi connectivity index (χ0) is 13.3. The molecule has 0 amide bonds. The number of rotatable bonds is 1. The molecule has 2 aliphatic heterocycles. The summed E-state index contributed by atoms with van der Waals surface area (Å²) in [7, 11) is 0. The minimum absolute atomic E-state index is 0.0115. The lowest BCUT2D eigenvalue weighted by Crippen LogP contribution is -2.47. The molecule has 1 aromatic carbocycles. The van der Waals surface area contributed by atoms with Gasteiger partial charge in [0, 0.05) is 38.0 Å². The van der Waals surface area contributed by atoms with Crippen LogP contribution in [-0.2, 0) is 11.3 Å². The van der Waals surface area contributed by atoms with Gasteiger partial charge in [0.15, 0.2) is 0 Å². The van der Waals surface area contributed by atoms with Crippen molar-refractivity contribution in [2.75, 3.05) is 24.6 Å². The van der Waals surface area contributed by atoms with Crippen LogP contribution in [0, 0.1) is 0 Å². The second-order valence-corrected chi connectivity index (χ2v) is 6.25. The van der Waals surface area contributed by atoms with Crippen molar-refractivity contribution in [3.8, 4) is 0 Å². The summed E-state index contributed by atoms with van der Waals surface area (Å²) in [5, 5.41) is 3.52. The van der Waals surface area contributed by atoms with Gasteiger partial charge in [0.25, 0.3) is 0 Å². The van der Waals surface area contributed by atoms with E-state index in [1.165, 1.54) is 11.3 Å². The van der Waals surface area contributed by atoms with Crippen LogP contribution in [-0.4, -0.2) is 31.3 Å². The second-order valence-electron chi connectivity index (χ2n) is 6.25. The van der Waals surface area contributed by atoms with Gasteiger partial charge >= 0.3 is 0 Å². The number of fused-ring (bicyclic) bond motifs is 1. The van der Waals surface area contributed by atoms with E-state index in [1.54, 1.807) is 0 Å². The van der Waals surface area contributed by atoms with Crippen molar-refractivity contribution in [3.63, 3.8) is 0 Å². The van der Waals surface area contributed by atoms with E-state index in [-0.39, 0.29) is 5.60 Å². The maximum atomic E-state index is 5.86. The Morgan fingerprint density at radius 3 is 3.00 bits per heavy atom. The highest BCUT2D eigenvalue weighted by atomic mass is 16.5. The molecule has 2 aliphatic rings. The van der Waals surface area contributed by atoms with Crippen molar-refractivity contribution in [3.05, 3.63) is 29.8 Å². The van der Waals surface area contributed by atoms with E-state index in [0.29, 0.717) is 6.04 Å². The maximum absolute atomic E-state index is 5.86. The van der Waals surface area contributed by atoms with Crippen molar-refractivity contribution in [1.29, 1.82) is 0 Å². The number of nitrogens with zero attached hydrogens (tertiary/aromatic N) is 1. The highest BCUT2D eigenvalue weighted by molar-refractivity contribution is 5.55. The topological polar surface area (TPSA) is 24.5 Å². The Bertz CT molecular complexity index is 444. The molecule has 1 fully saturated rings. The highest BCUT2D eigenvalue weighted by Gasteiger charge is 2.33. The fraction of sp³-hybridized carbons (Fsp3) is 0.625. The monoisotopic (exact) mass is 260 g/mol. The first-order valence-electron chi connectivity index (χ1n) is 7.35. The summed E-state index contributed by atoms with van der Waals surface area (Å²) in [5.41, 5.74) is 2.84. The summed E-state index contributed by atoms with van der Waals surface area (Å²) in [6, 6.07) is 9.40. The Balaban J connectivity index is 1.87. The predicted octanol–water partition coefficient (Wildman–Crippen LogP) is 2.55. The van der Waals surface area contributed by atoms with E-state index in [9.17, 15) is 0 Å². The van der Waals surface area contributed by atoms with Gasteiger partial charge < -0.3 is 15.0 Å². The third-order valence-electron chi connectivity index (χ3n) is 4.26. The number of nitrogens with one attached hydrogen (secondary N) is 1. The molecule has 0 aromatic heterocycles. The average Bonchev–Trinajstić information content (AvgIpc) is 2.59. The van der Waals surface area contributed by atoms with Crippen LogP contribution in [0.3, 0.4) is 0 Å². The molecule has 1 atom stereocenters. The Kier molecular flexibility index (Phi) is 3.50. The van der Waals surface area contributed by atoms with E-state index in [1.807, 2.05) is 0 Å². The van der Waals surface area contributed by atoms with Gasteiger partial charge in [-0.15, -0.1) is 0 Å². The molecule has 1 aromatic rings. The summed E-state index contributed by atoms with van der Waals surface area (Å²) in [6.45, 7) is 8.44. The average molecular weight is 260 g/mol. The van der Waals surface area contributed by atoms with Gasteiger partial charge in [-0.3, -0.25) is 0 Å². The second kappa shape index (κ2) is 5.14. The number of hydrogen-bond donors (Lipinski definition) is 1. The van der Waals surface area contributed by atoms with E-state index >= 15 is 0 Å². The first kappa shape index (κ1) is 12.9. The van der Waals surface area contributed by atoms with Crippen LogP contribution < -0.4 is 10.2 Å². The van der Waals surface area contributed by atoms with Crippen LogP contribution in [0.2, 0.25) is 0 Å². The Morgan fingerprint density at radius 2 is 2.16 bits per heavy atom. The van der Waals surface area contributed by atoms with Crippen LogP contribution >= 0.6 is 0 Å². The third-order valence-corrected chi connectivity index (χ3v) is 4.26. The van der Waals surface area contributed by atoms with Crippen LogP contribution in [0.5, 0.6) is 0 Å². The fourth-order valence-electron chi connectivity index (χ4n) is 3.33. The molecule has 0 radical (unpaired) electrons. The van der Waals surface area contributed by atoms with Crippen LogP contribution in [0.15, 0.2) is 24.3 Å². The Labute approximate surface area is 115 Å². The first-order valence-corrected chi connectivity index (χ1v) is 7.35. The molecule has 1 saturated heterocycles.